The minimum absolute atomic E-state index is 0.0815. The minimum atomic E-state index is -0.198. The first kappa shape index (κ1) is 17.0. The fraction of sp³-hybridized carbons (Fsp3) is 0.467. The lowest BCUT2D eigenvalue weighted by Crippen LogP contribution is -2.39. The number of hydrogen-bond acceptors (Lipinski definition) is 4. The van der Waals surface area contributed by atoms with Crippen LogP contribution in [0.2, 0.25) is 0 Å². The third-order valence-corrected chi connectivity index (χ3v) is 2.88. The van der Waals surface area contributed by atoms with E-state index in [4.69, 9.17) is 5.73 Å². The number of aryl methyl sites for hydroxylation is 1. The number of rotatable bonds is 7. The third kappa shape index (κ3) is 6.27. The number of nitrogen functional groups attached to an aromatic ring is 1. The maximum Gasteiger partial charge on any atom is 0.238 e. The first-order valence-electron chi connectivity index (χ1n) is 7.03. The number of anilines is 2. The summed E-state index contributed by atoms with van der Waals surface area (Å²) in [5, 5.41) is 5.52. The van der Waals surface area contributed by atoms with Crippen LogP contribution in [0.15, 0.2) is 18.2 Å². The molecule has 6 heteroatoms. The molecule has 0 saturated heterocycles. The Morgan fingerprint density at radius 3 is 2.52 bits per heavy atom. The molecule has 21 heavy (non-hydrogen) atoms. The second-order valence-electron chi connectivity index (χ2n) is 5.16. The van der Waals surface area contributed by atoms with Gasteiger partial charge in [0, 0.05) is 6.54 Å². The molecule has 1 aromatic rings. The monoisotopic (exact) mass is 292 g/mol. The number of carbonyl (C=O) groups excluding carboxylic acids is 2. The lowest BCUT2D eigenvalue weighted by Gasteiger charge is -2.16. The van der Waals surface area contributed by atoms with Crippen LogP contribution in [0.4, 0.5) is 11.4 Å². The molecule has 1 aromatic carbocycles. The van der Waals surface area contributed by atoms with Crippen LogP contribution < -0.4 is 16.4 Å². The number of nitrogens with two attached hydrogens (primary N) is 1. The van der Waals surface area contributed by atoms with Gasteiger partial charge in [0.15, 0.2) is 0 Å². The summed E-state index contributed by atoms with van der Waals surface area (Å²) in [6.07, 6.45) is 0.892. The van der Waals surface area contributed by atoms with Crippen molar-refractivity contribution in [1.82, 2.24) is 10.2 Å². The molecule has 0 fully saturated rings. The fourth-order valence-electron chi connectivity index (χ4n) is 1.85. The first-order chi connectivity index (χ1) is 9.92. The van der Waals surface area contributed by atoms with Gasteiger partial charge in [0.1, 0.15) is 0 Å². The molecule has 2 amide bonds. The van der Waals surface area contributed by atoms with Crippen LogP contribution in [0.25, 0.3) is 0 Å². The van der Waals surface area contributed by atoms with Crippen LogP contribution in [0.1, 0.15) is 18.9 Å². The lowest BCUT2D eigenvalue weighted by molar-refractivity contribution is -0.122. The van der Waals surface area contributed by atoms with Crippen molar-refractivity contribution in [3.05, 3.63) is 23.8 Å². The topological polar surface area (TPSA) is 87.5 Å². The Morgan fingerprint density at radius 2 is 1.90 bits per heavy atom. The van der Waals surface area contributed by atoms with Gasteiger partial charge in [-0.3, -0.25) is 14.5 Å². The molecule has 0 radical (unpaired) electrons. The van der Waals surface area contributed by atoms with Crippen LogP contribution in [-0.2, 0) is 9.59 Å². The lowest BCUT2D eigenvalue weighted by atomic mass is 10.2. The maximum absolute atomic E-state index is 11.9. The highest BCUT2D eigenvalue weighted by Crippen LogP contribution is 2.19. The molecule has 0 spiro atoms. The Hall–Kier alpha value is -2.08. The zero-order chi connectivity index (χ0) is 15.8. The molecule has 0 bridgehead atoms. The average molecular weight is 292 g/mol. The summed E-state index contributed by atoms with van der Waals surface area (Å²) in [5.41, 5.74) is 8.01. The molecule has 0 atom stereocenters. The number of benzene rings is 1. The Labute approximate surface area is 125 Å². The number of nitrogens with one attached hydrogen (secondary N) is 2. The number of nitrogens with zero attached hydrogens (tertiary/aromatic N) is 1. The molecule has 0 aromatic heterocycles. The van der Waals surface area contributed by atoms with Crippen LogP contribution in [0.3, 0.4) is 0 Å². The molecule has 0 unspecified atom stereocenters. The van der Waals surface area contributed by atoms with Gasteiger partial charge in [-0.2, -0.15) is 0 Å². The highest BCUT2D eigenvalue weighted by atomic mass is 16.2. The van der Waals surface area contributed by atoms with Crippen LogP contribution >= 0.6 is 0 Å². The van der Waals surface area contributed by atoms with Crippen molar-refractivity contribution in [1.29, 1.82) is 0 Å². The SMILES string of the molecule is CCCNC(=O)CN(C)CC(=O)Nc1ccc(C)cc1N. The van der Waals surface area contributed by atoms with Gasteiger partial charge in [-0.25, -0.2) is 0 Å². The van der Waals surface area contributed by atoms with E-state index in [1.807, 2.05) is 19.9 Å². The molecule has 4 N–H and O–H groups in total. The molecular weight excluding hydrogens is 268 g/mol. The van der Waals surface area contributed by atoms with Crippen molar-refractivity contribution in [2.24, 2.45) is 0 Å². The van der Waals surface area contributed by atoms with E-state index in [1.54, 1.807) is 24.1 Å². The van der Waals surface area contributed by atoms with Gasteiger partial charge in [0.25, 0.3) is 0 Å². The van der Waals surface area contributed by atoms with Crippen LogP contribution in [0.5, 0.6) is 0 Å². The van der Waals surface area contributed by atoms with Gasteiger partial charge < -0.3 is 16.4 Å². The Morgan fingerprint density at radius 1 is 1.24 bits per heavy atom. The molecule has 0 aliphatic rings. The second kappa shape index (κ2) is 8.26. The van der Waals surface area contributed by atoms with E-state index in [1.165, 1.54) is 0 Å². The van der Waals surface area contributed by atoms with Crippen molar-refractivity contribution in [3.8, 4) is 0 Å². The molecule has 0 saturated carbocycles. The Balaban J connectivity index is 2.44. The van der Waals surface area contributed by atoms with Crippen molar-refractivity contribution < 1.29 is 9.59 Å². The average Bonchev–Trinajstić information content (AvgIpc) is 2.39. The summed E-state index contributed by atoms with van der Waals surface area (Å²) in [7, 11) is 1.73. The largest absolute Gasteiger partial charge is 0.397 e. The van der Waals surface area contributed by atoms with Gasteiger partial charge in [0.2, 0.25) is 11.8 Å². The second-order valence-corrected chi connectivity index (χ2v) is 5.16. The zero-order valence-corrected chi connectivity index (χ0v) is 12.9. The molecule has 6 nitrogen and oxygen atoms in total. The van der Waals surface area contributed by atoms with E-state index in [0.29, 0.717) is 17.9 Å². The minimum Gasteiger partial charge on any atom is -0.397 e. The summed E-state index contributed by atoms with van der Waals surface area (Å²) in [5.74, 6) is -0.279. The fourth-order valence-corrected chi connectivity index (χ4v) is 1.85. The smallest absolute Gasteiger partial charge is 0.238 e. The summed E-state index contributed by atoms with van der Waals surface area (Å²) in [6.45, 7) is 4.90. The quantitative estimate of drug-likeness (QED) is 0.654. The van der Waals surface area contributed by atoms with E-state index in [-0.39, 0.29) is 24.9 Å². The van der Waals surface area contributed by atoms with E-state index < -0.39 is 0 Å². The molecule has 0 aliphatic carbocycles. The van der Waals surface area contributed by atoms with E-state index in [0.717, 1.165) is 12.0 Å². The van der Waals surface area contributed by atoms with E-state index >= 15 is 0 Å². The summed E-state index contributed by atoms with van der Waals surface area (Å²) >= 11 is 0. The molecule has 0 heterocycles. The van der Waals surface area contributed by atoms with Crippen molar-refractivity contribution >= 4 is 23.2 Å². The molecular formula is C15H24N4O2. The third-order valence-electron chi connectivity index (χ3n) is 2.88. The van der Waals surface area contributed by atoms with Gasteiger partial charge in [-0.1, -0.05) is 13.0 Å². The normalized spacial score (nSPS) is 10.5. The summed E-state index contributed by atoms with van der Waals surface area (Å²) in [6, 6.07) is 5.46. The van der Waals surface area contributed by atoms with Crippen molar-refractivity contribution in [2.45, 2.75) is 20.3 Å². The first-order valence-corrected chi connectivity index (χ1v) is 7.03. The van der Waals surface area contributed by atoms with Crippen LogP contribution in [0, 0.1) is 6.92 Å². The predicted octanol–water partition coefficient (Wildman–Crippen LogP) is 0.974. The van der Waals surface area contributed by atoms with Gasteiger partial charge in [-0.15, -0.1) is 0 Å². The Kier molecular flexibility index (Phi) is 6.68. The summed E-state index contributed by atoms with van der Waals surface area (Å²) in [4.78, 5) is 25.1. The van der Waals surface area contributed by atoms with Crippen molar-refractivity contribution in [3.63, 3.8) is 0 Å². The predicted molar refractivity (Wildman–Crippen MR) is 85.0 cm³/mol. The highest BCUT2D eigenvalue weighted by Gasteiger charge is 2.11. The zero-order valence-electron chi connectivity index (χ0n) is 12.9. The van der Waals surface area contributed by atoms with Crippen LogP contribution in [-0.4, -0.2) is 43.4 Å². The van der Waals surface area contributed by atoms with Gasteiger partial charge in [-0.05, 0) is 38.1 Å². The van der Waals surface area contributed by atoms with Gasteiger partial charge >= 0.3 is 0 Å². The maximum atomic E-state index is 11.9. The van der Waals surface area contributed by atoms with E-state index in [9.17, 15) is 9.59 Å². The van der Waals surface area contributed by atoms with Crippen molar-refractivity contribution in [2.75, 3.05) is 37.7 Å². The highest BCUT2D eigenvalue weighted by molar-refractivity contribution is 5.95. The Bertz CT molecular complexity index is 502. The standard InChI is InChI=1S/C15H24N4O2/c1-4-7-17-14(20)9-19(3)10-15(21)18-13-6-5-11(2)8-12(13)16/h5-6,8H,4,7,9-10,16H2,1-3H3,(H,17,20)(H,18,21). The number of likely N-dealkylation sites (N-methyl/N-ethyl adjacent to an activating group) is 1. The number of amides is 2. The van der Waals surface area contributed by atoms with Gasteiger partial charge in [0.05, 0.1) is 24.5 Å². The molecule has 116 valence electrons. The van der Waals surface area contributed by atoms with E-state index in [2.05, 4.69) is 10.6 Å². The number of hydrogen-bond donors (Lipinski definition) is 3. The molecule has 1 rings (SSSR count). The number of carbonyl (C=O) groups is 2. The molecule has 0 aliphatic heterocycles. The summed E-state index contributed by atoms with van der Waals surface area (Å²) < 4.78 is 0.